The van der Waals surface area contributed by atoms with Crippen LogP contribution in [-0.4, -0.2) is 23.1 Å². The second-order valence-corrected chi connectivity index (χ2v) is 5.86. The molecule has 0 aliphatic carbocycles. The largest absolute Gasteiger partial charge is 0.481 e. The monoisotopic (exact) mass is 329 g/mol. The van der Waals surface area contributed by atoms with Crippen molar-refractivity contribution in [2.45, 2.75) is 46.6 Å². The number of isocyanates is 1. The van der Waals surface area contributed by atoms with Crippen LogP contribution >= 0.6 is 0 Å². The van der Waals surface area contributed by atoms with Crippen LogP contribution < -0.4 is 0 Å². The molecule has 126 valence electrons. The van der Waals surface area contributed by atoms with Gasteiger partial charge in [0.1, 0.15) is 6.61 Å². The third kappa shape index (κ3) is 3.44. The van der Waals surface area contributed by atoms with Crippen LogP contribution in [0.25, 0.3) is 0 Å². The number of carboxylic acids is 1. The number of ether oxygens (including phenoxy) is 1. The summed E-state index contributed by atoms with van der Waals surface area (Å²) in [6, 6.07) is 0. The summed E-state index contributed by atoms with van der Waals surface area (Å²) in [6.45, 7) is 5.87. The van der Waals surface area contributed by atoms with Gasteiger partial charge in [0.2, 0.25) is 6.08 Å². The maximum atomic E-state index is 12.0. The molecule has 0 bridgehead atoms. The maximum Gasteiger partial charge on any atom is 0.341 e. The van der Waals surface area contributed by atoms with E-state index < -0.39 is 11.9 Å². The van der Waals surface area contributed by atoms with Gasteiger partial charge in [0.05, 0.1) is 11.3 Å². The Morgan fingerprint density at radius 3 is 2.67 bits per heavy atom. The fourth-order valence-corrected chi connectivity index (χ4v) is 2.82. The van der Waals surface area contributed by atoms with Crippen molar-refractivity contribution in [3.8, 4) is 0 Å². The molecule has 1 N–H and O–H groups in total. The van der Waals surface area contributed by atoms with Crippen LogP contribution in [0, 0.1) is 13.8 Å². The Labute approximate surface area is 139 Å². The van der Waals surface area contributed by atoms with E-state index in [1.54, 1.807) is 0 Å². The number of carbonyl (C=O) groups is 2. The SMILES string of the molecule is CC(=CCc1c(C)c(C)c2c(c1N=C=O)C(=O)OC2)CCC(=O)O. The van der Waals surface area contributed by atoms with Crippen molar-refractivity contribution in [3.63, 3.8) is 0 Å². The normalized spacial score (nSPS) is 13.3. The quantitative estimate of drug-likeness (QED) is 0.374. The minimum Gasteiger partial charge on any atom is -0.481 e. The van der Waals surface area contributed by atoms with Crippen LogP contribution in [-0.2, 0) is 27.4 Å². The number of esters is 1. The van der Waals surface area contributed by atoms with E-state index in [1.807, 2.05) is 26.8 Å². The van der Waals surface area contributed by atoms with Gasteiger partial charge in [-0.3, -0.25) is 4.79 Å². The maximum absolute atomic E-state index is 12.0. The Balaban J connectivity index is 2.46. The second-order valence-electron chi connectivity index (χ2n) is 5.86. The Kier molecular flexibility index (Phi) is 5.31. The summed E-state index contributed by atoms with van der Waals surface area (Å²) in [6.07, 6.45) is 4.40. The number of carboxylic acid groups (broad SMARTS) is 1. The zero-order valence-corrected chi connectivity index (χ0v) is 13.9. The highest BCUT2D eigenvalue weighted by Gasteiger charge is 2.30. The summed E-state index contributed by atoms with van der Waals surface area (Å²) in [7, 11) is 0. The highest BCUT2D eigenvalue weighted by Crippen LogP contribution is 2.38. The highest BCUT2D eigenvalue weighted by atomic mass is 16.5. The molecule has 1 aromatic carbocycles. The van der Waals surface area contributed by atoms with Gasteiger partial charge in [-0.25, -0.2) is 9.59 Å². The number of cyclic esters (lactones) is 1. The molecule has 0 saturated heterocycles. The van der Waals surface area contributed by atoms with Gasteiger partial charge in [-0.1, -0.05) is 11.6 Å². The first kappa shape index (κ1) is 17.6. The fourth-order valence-electron chi connectivity index (χ4n) is 2.82. The molecule has 0 aromatic heterocycles. The molecule has 1 heterocycles. The van der Waals surface area contributed by atoms with Gasteiger partial charge in [-0.2, -0.15) is 4.99 Å². The van der Waals surface area contributed by atoms with Gasteiger partial charge >= 0.3 is 11.9 Å². The van der Waals surface area contributed by atoms with Crippen molar-refractivity contribution in [2.75, 3.05) is 0 Å². The third-order valence-electron chi connectivity index (χ3n) is 4.39. The van der Waals surface area contributed by atoms with Gasteiger partial charge in [0.25, 0.3) is 0 Å². The first-order valence-electron chi connectivity index (χ1n) is 7.64. The van der Waals surface area contributed by atoms with Crippen molar-refractivity contribution in [1.82, 2.24) is 0 Å². The number of allylic oxidation sites excluding steroid dienone is 2. The van der Waals surface area contributed by atoms with Crippen molar-refractivity contribution in [3.05, 3.63) is 39.5 Å². The minimum atomic E-state index is -0.846. The molecule has 1 aliphatic heterocycles. The van der Waals surface area contributed by atoms with Gasteiger partial charge in [-0.05, 0) is 50.3 Å². The zero-order chi connectivity index (χ0) is 17.9. The van der Waals surface area contributed by atoms with Crippen LogP contribution in [0.3, 0.4) is 0 Å². The molecule has 6 heteroatoms. The van der Waals surface area contributed by atoms with Gasteiger partial charge in [0, 0.05) is 12.0 Å². The minimum absolute atomic E-state index is 0.0657. The fraction of sp³-hybridized carbons (Fsp3) is 0.389. The van der Waals surface area contributed by atoms with E-state index in [2.05, 4.69) is 4.99 Å². The average Bonchev–Trinajstić information content (AvgIpc) is 2.92. The van der Waals surface area contributed by atoms with Crippen LogP contribution in [0.1, 0.15) is 52.4 Å². The summed E-state index contributed by atoms with van der Waals surface area (Å²) in [5.74, 6) is -1.32. The molecule has 0 amide bonds. The molecular formula is C18H19NO5. The number of hydrogen-bond acceptors (Lipinski definition) is 5. The number of benzene rings is 1. The van der Waals surface area contributed by atoms with E-state index in [-0.39, 0.29) is 13.0 Å². The molecule has 1 aliphatic rings. The number of rotatable bonds is 6. The number of hydrogen-bond donors (Lipinski definition) is 1. The zero-order valence-electron chi connectivity index (χ0n) is 13.9. The summed E-state index contributed by atoms with van der Waals surface area (Å²) in [5, 5.41) is 8.74. The summed E-state index contributed by atoms with van der Waals surface area (Å²) < 4.78 is 5.08. The summed E-state index contributed by atoms with van der Waals surface area (Å²) >= 11 is 0. The number of fused-ring (bicyclic) bond motifs is 1. The van der Waals surface area contributed by atoms with Crippen LogP contribution in [0.4, 0.5) is 5.69 Å². The smallest absolute Gasteiger partial charge is 0.341 e. The van der Waals surface area contributed by atoms with E-state index in [1.165, 1.54) is 6.08 Å². The number of aliphatic imine (C=N–C) groups is 1. The predicted molar refractivity (Wildman–Crippen MR) is 87.1 cm³/mol. The second kappa shape index (κ2) is 7.23. The number of carbonyl (C=O) groups excluding carboxylic acids is 2. The Morgan fingerprint density at radius 2 is 2.04 bits per heavy atom. The van der Waals surface area contributed by atoms with Gasteiger partial charge in [-0.15, -0.1) is 0 Å². The van der Waals surface area contributed by atoms with Crippen molar-refractivity contribution in [1.29, 1.82) is 0 Å². The lowest BCUT2D eigenvalue weighted by molar-refractivity contribution is -0.136. The lowest BCUT2D eigenvalue weighted by Crippen LogP contribution is -2.03. The summed E-state index contributed by atoms with van der Waals surface area (Å²) in [5.41, 5.74) is 5.01. The van der Waals surface area contributed by atoms with Gasteiger partial charge < -0.3 is 9.84 Å². The van der Waals surface area contributed by atoms with E-state index in [0.29, 0.717) is 24.1 Å². The van der Waals surface area contributed by atoms with Gasteiger partial charge in [0.15, 0.2) is 0 Å². The molecule has 6 nitrogen and oxygen atoms in total. The summed E-state index contributed by atoms with van der Waals surface area (Å²) in [4.78, 5) is 37.2. The molecule has 0 atom stereocenters. The molecule has 24 heavy (non-hydrogen) atoms. The standard InChI is InChI=1S/C18H19NO5/c1-10(5-7-15(21)22)4-6-13-11(2)12(3)14-8-24-18(23)16(14)17(13)19-9-20/h4H,5-8H2,1-3H3,(H,21,22). The van der Waals surface area contributed by atoms with E-state index >= 15 is 0 Å². The molecule has 0 fully saturated rings. The van der Waals surface area contributed by atoms with Crippen LogP contribution in [0.5, 0.6) is 0 Å². The molecular weight excluding hydrogens is 310 g/mol. The first-order chi connectivity index (χ1) is 11.4. The Hall–Kier alpha value is -2.72. The lowest BCUT2D eigenvalue weighted by atomic mass is 9.90. The predicted octanol–water partition coefficient (Wildman–Crippen LogP) is 3.29. The molecule has 0 spiro atoms. The number of aliphatic carboxylic acids is 1. The third-order valence-corrected chi connectivity index (χ3v) is 4.39. The molecule has 0 radical (unpaired) electrons. The van der Waals surface area contributed by atoms with Crippen molar-refractivity contribution < 1.29 is 24.2 Å². The van der Waals surface area contributed by atoms with E-state index in [0.717, 1.165) is 27.8 Å². The molecule has 0 unspecified atom stereocenters. The first-order valence-corrected chi connectivity index (χ1v) is 7.64. The molecule has 1 aromatic rings. The molecule has 0 saturated carbocycles. The average molecular weight is 329 g/mol. The number of nitrogens with zero attached hydrogens (tertiary/aromatic N) is 1. The van der Waals surface area contributed by atoms with Crippen molar-refractivity contribution in [2.24, 2.45) is 4.99 Å². The lowest BCUT2D eigenvalue weighted by Gasteiger charge is -2.14. The Morgan fingerprint density at radius 1 is 1.33 bits per heavy atom. The topological polar surface area (TPSA) is 93.0 Å². The van der Waals surface area contributed by atoms with Crippen LogP contribution in [0.2, 0.25) is 0 Å². The molecule has 2 rings (SSSR count). The van der Waals surface area contributed by atoms with E-state index in [4.69, 9.17) is 9.84 Å². The van der Waals surface area contributed by atoms with Crippen molar-refractivity contribution >= 4 is 23.7 Å². The Bertz CT molecular complexity index is 785. The van der Waals surface area contributed by atoms with Crippen LogP contribution in [0.15, 0.2) is 16.6 Å². The highest BCUT2D eigenvalue weighted by molar-refractivity contribution is 6.00. The van der Waals surface area contributed by atoms with E-state index in [9.17, 15) is 14.4 Å².